The summed E-state index contributed by atoms with van der Waals surface area (Å²) < 4.78 is 0. The van der Waals surface area contributed by atoms with Crippen molar-refractivity contribution in [3.63, 3.8) is 0 Å². The van der Waals surface area contributed by atoms with Gasteiger partial charge in [0.2, 0.25) is 11.8 Å². The zero-order valence-electron chi connectivity index (χ0n) is 15.5. The molecule has 1 unspecified atom stereocenters. The molecule has 2 aliphatic carbocycles. The topological polar surface area (TPSA) is 61.4 Å². The van der Waals surface area contributed by atoms with Crippen LogP contribution in [0.3, 0.4) is 0 Å². The van der Waals surface area contributed by atoms with Crippen LogP contribution in [0.1, 0.15) is 44.9 Å². The molecule has 0 aromatic rings. The maximum Gasteiger partial charge on any atom is 0.225 e. The summed E-state index contributed by atoms with van der Waals surface area (Å²) in [6.45, 7) is 3.95. The molecule has 1 atom stereocenters. The van der Waals surface area contributed by atoms with E-state index in [0.717, 1.165) is 82.6 Å². The van der Waals surface area contributed by atoms with Crippen molar-refractivity contribution in [3.8, 4) is 0 Å². The first kappa shape index (κ1) is 20.3. The first-order chi connectivity index (χ1) is 12.2. The van der Waals surface area contributed by atoms with Crippen LogP contribution in [0.2, 0.25) is 0 Å². The largest absolute Gasteiger partial charge is 0.353 e. The average Bonchev–Trinajstić information content (AvgIpc) is 3.36. The maximum absolute atomic E-state index is 12.6. The van der Waals surface area contributed by atoms with Gasteiger partial charge in [-0.25, -0.2) is 0 Å². The van der Waals surface area contributed by atoms with Crippen molar-refractivity contribution in [2.75, 3.05) is 37.7 Å². The van der Waals surface area contributed by atoms with Crippen molar-refractivity contribution >= 4 is 36.0 Å². The summed E-state index contributed by atoms with van der Waals surface area (Å²) in [4.78, 5) is 27.3. The van der Waals surface area contributed by atoms with Crippen LogP contribution in [0.4, 0.5) is 0 Å². The normalized spacial score (nSPS) is 33.2. The number of amides is 2. The fourth-order valence-electron chi connectivity index (χ4n) is 5.02. The van der Waals surface area contributed by atoms with Crippen LogP contribution < -0.4 is 10.6 Å². The fourth-order valence-corrected chi connectivity index (χ4v) is 5.93. The van der Waals surface area contributed by atoms with Gasteiger partial charge in [0.25, 0.3) is 0 Å². The highest BCUT2D eigenvalue weighted by molar-refractivity contribution is 7.99. The Morgan fingerprint density at radius 3 is 2.35 bits per heavy atom. The van der Waals surface area contributed by atoms with Gasteiger partial charge in [0, 0.05) is 42.5 Å². The molecule has 2 aliphatic heterocycles. The molecule has 0 aromatic heterocycles. The standard InChI is InChI=1S/C19H31N3O2S.ClH/c23-17(16-13-19(16)5-7-20-8-6-19)21-15-3-1-14(2-4-15)18(24)22-9-11-25-12-10-22;/h14-16,20H,1-13H2,(H,21,23);1H. The number of rotatable bonds is 3. The molecule has 2 saturated heterocycles. The second-order valence-corrected chi connectivity index (χ2v) is 9.59. The van der Waals surface area contributed by atoms with Gasteiger partial charge in [-0.2, -0.15) is 11.8 Å². The van der Waals surface area contributed by atoms with Crippen LogP contribution in [0, 0.1) is 17.3 Å². The number of nitrogens with one attached hydrogen (secondary N) is 2. The molecule has 5 nitrogen and oxygen atoms in total. The summed E-state index contributed by atoms with van der Waals surface area (Å²) in [6.07, 6.45) is 7.19. The van der Waals surface area contributed by atoms with E-state index in [1.807, 2.05) is 11.8 Å². The first-order valence-corrected chi connectivity index (χ1v) is 11.2. The van der Waals surface area contributed by atoms with Gasteiger partial charge in [0.05, 0.1) is 0 Å². The Balaban J connectivity index is 0.00000196. The van der Waals surface area contributed by atoms with Gasteiger partial charge < -0.3 is 15.5 Å². The van der Waals surface area contributed by atoms with Crippen LogP contribution in [0.15, 0.2) is 0 Å². The van der Waals surface area contributed by atoms with Gasteiger partial charge in [-0.1, -0.05) is 0 Å². The van der Waals surface area contributed by atoms with Crippen molar-refractivity contribution in [1.82, 2.24) is 15.5 Å². The van der Waals surface area contributed by atoms with Crippen LogP contribution in [0.25, 0.3) is 0 Å². The molecule has 0 radical (unpaired) electrons. The number of nitrogens with zero attached hydrogens (tertiary/aromatic N) is 1. The quantitative estimate of drug-likeness (QED) is 0.759. The molecule has 7 heteroatoms. The second kappa shape index (κ2) is 8.70. The molecule has 4 aliphatic rings. The van der Waals surface area contributed by atoms with E-state index in [1.54, 1.807) is 0 Å². The number of hydrogen-bond acceptors (Lipinski definition) is 4. The summed E-state index contributed by atoms with van der Waals surface area (Å²) >= 11 is 1.94. The molecule has 4 rings (SSSR count). The number of carbonyl (C=O) groups excluding carboxylic acids is 2. The van der Waals surface area contributed by atoms with Crippen LogP contribution >= 0.6 is 24.2 Å². The third kappa shape index (κ3) is 4.33. The molecule has 0 aromatic carbocycles. The molecule has 2 heterocycles. The number of carbonyl (C=O) groups is 2. The number of piperidine rings is 1. The molecule has 2 amide bonds. The minimum Gasteiger partial charge on any atom is -0.353 e. The fraction of sp³-hybridized carbons (Fsp3) is 0.895. The van der Waals surface area contributed by atoms with Crippen molar-refractivity contribution in [2.24, 2.45) is 17.3 Å². The number of thioether (sulfide) groups is 1. The summed E-state index contributed by atoms with van der Waals surface area (Å²) in [5.41, 5.74) is 0.314. The van der Waals surface area contributed by atoms with E-state index in [-0.39, 0.29) is 36.2 Å². The molecule has 26 heavy (non-hydrogen) atoms. The zero-order valence-corrected chi connectivity index (χ0v) is 17.1. The number of hydrogen-bond donors (Lipinski definition) is 2. The van der Waals surface area contributed by atoms with Gasteiger partial charge >= 0.3 is 0 Å². The molecule has 0 bridgehead atoms. The lowest BCUT2D eigenvalue weighted by atomic mass is 9.84. The van der Waals surface area contributed by atoms with Crippen molar-refractivity contribution < 1.29 is 9.59 Å². The maximum atomic E-state index is 12.6. The lowest BCUT2D eigenvalue weighted by molar-refractivity contribution is -0.136. The van der Waals surface area contributed by atoms with Gasteiger partial charge in [-0.3, -0.25) is 9.59 Å². The highest BCUT2D eigenvalue weighted by atomic mass is 35.5. The monoisotopic (exact) mass is 401 g/mol. The Labute approximate surface area is 167 Å². The Morgan fingerprint density at radius 1 is 1.04 bits per heavy atom. The molecule has 2 N–H and O–H groups in total. The Hall–Kier alpha value is -0.460. The highest BCUT2D eigenvalue weighted by Gasteiger charge is 2.57. The predicted molar refractivity (Wildman–Crippen MR) is 108 cm³/mol. The second-order valence-electron chi connectivity index (χ2n) is 8.36. The van der Waals surface area contributed by atoms with Crippen LogP contribution in [-0.2, 0) is 9.59 Å². The van der Waals surface area contributed by atoms with Crippen molar-refractivity contribution in [2.45, 2.75) is 51.0 Å². The van der Waals surface area contributed by atoms with Gasteiger partial charge in [0.15, 0.2) is 0 Å². The summed E-state index contributed by atoms with van der Waals surface area (Å²) in [5, 5.41) is 6.70. The van der Waals surface area contributed by atoms with Crippen LogP contribution in [-0.4, -0.2) is 60.4 Å². The Morgan fingerprint density at radius 2 is 1.69 bits per heavy atom. The molecular formula is C19H32ClN3O2S. The van der Waals surface area contributed by atoms with E-state index >= 15 is 0 Å². The lowest BCUT2D eigenvalue weighted by Crippen LogP contribution is -2.45. The smallest absolute Gasteiger partial charge is 0.225 e. The summed E-state index contributed by atoms with van der Waals surface area (Å²) in [5.74, 6) is 3.24. The first-order valence-electron chi connectivity index (χ1n) is 10.1. The van der Waals surface area contributed by atoms with Crippen molar-refractivity contribution in [1.29, 1.82) is 0 Å². The lowest BCUT2D eigenvalue weighted by Gasteiger charge is -2.34. The Bertz CT molecular complexity index is 513. The van der Waals surface area contributed by atoms with Crippen molar-refractivity contribution in [3.05, 3.63) is 0 Å². The van der Waals surface area contributed by atoms with Crippen LogP contribution in [0.5, 0.6) is 0 Å². The van der Waals surface area contributed by atoms with E-state index in [4.69, 9.17) is 0 Å². The highest BCUT2D eigenvalue weighted by Crippen LogP contribution is 2.58. The summed E-state index contributed by atoms with van der Waals surface area (Å²) in [6, 6.07) is 0.285. The van der Waals surface area contributed by atoms with E-state index in [2.05, 4.69) is 15.5 Å². The SMILES string of the molecule is Cl.O=C(NC1CCC(C(=O)N2CCSCC2)CC1)C1CC12CCNCC2. The van der Waals surface area contributed by atoms with E-state index in [0.29, 0.717) is 11.3 Å². The third-order valence-corrected chi connectivity index (χ3v) is 7.79. The number of halogens is 1. The average molecular weight is 402 g/mol. The van der Waals surface area contributed by atoms with Gasteiger partial charge in [0.1, 0.15) is 0 Å². The third-order valence-electron chi connectivity index (χ3n) is 6.85. The van der Waals surface area contributed by atoms with E-state index in [1.165, 1.54) is 0 Å². The molecule has 148 valence electrons. The molecular weight excluding hydrogens is 370 g/mol. The molecule has 4 fully saturated rings. The van der Waals surface area contributed by atoms with E-state index < -0.39 is 0 Å². The van der Waals surface area contributed by atoms with Gasteiger partial charge in [-0.15, -0.1) is 12.4 Å². The van der Waals surface area contributed by atoms with E-state index in [9.17, 15) is 9.59 Å². The predicted octanol–water partition coefficient (Wildman–Crippen LogP) is 2.05. The minimum absolute atomic E-state index is 0. The molecule has 1 spiro atoms. The molecule has 2 saturated carbocycles. The van der Waals surface area contributed by atoms with Gasteiger partial charge in [-0.05, 0) is 63.5 Å². The minimum atomic E-state index is 0. The summed E-state index contributed by atoms with van der Waals surface area (Å²) in [7, 11) is 0. The Kier molecular flexibility index (Phi) is 6.78. The zero-order chi connectivity index (χ0) is 17.3.